The van der Waals surface area contributed by atoms with E-state index in [9.17, 15) is 0 Å². The Balaban J connectivity index is 0.000000146. The maximum absolute atomic E-state index is 8.87. The van der Waals surface area contributed by atoms with Gasteiger partial charge in [-0.05, 0) is 49.7 Å². The van der Waals surface area contributed by atoms with E-state index in [1.165, 1.54) is 12.4 Å². The molecule has 10 rings (SSSR count). The van der Waals surface area contributed by atoms with Gasteiger partial charge < -0.3 is 20.6 Å². The van der Waals surface area contributed by atoms with Crippen LogP contribution in [-0.4, -0.2) is 81.2 Å². The number of hydrogen-bond donors (Lipinski definition) is 4. The molecule has 8 aromatic heterocycles. The van der Waals surface area contributed by atoms with E-state index in [4.69, 9.17) is 10.5 Å². The second-order valence-electron chi connectivity index (χ2n) is 14.4. The van der Waals surface area contributed by atoms with Crippen molar-refractivity contribution in [1.82, 2.24) is 69.1 Å². The number of nitrogens with zero attached hydrogens (tertiary/aromatic N) is 14. The van der Waals surface area contributed by atoms with E-state index < -0.39 is 0 Å². The van der Waals surface area contributed by atoms with Gasteiger partial charge in [-0.1, -0.05) is 26.7 Å². The molecular formula is C38H38N18. The summed E-state index contributed by atoms with van der Waals surface area (Å²) in [5, 5.41) is 42.5. The molecule has 0 saturated heterocycles. The zero-order valence-corrected chi connectivity index (χ0v) is 30.7. The zero-order valence-electron chi connectivity index (χ0n) is 30.7. The van der Waals surface area contributed by atoms with E-state index in [1.54, 1.807) is 24.8 Å². The van der Waals surface area contributed by atoms with Gasteiger partial charge in [0.15, 0.2) is 34.0 Å². The van der Waals surface area contributed by atoms with Crippen LogP contribution in [0.4, 0.5) is 11.6 Å². The maximum Gasteiger partial charge on any atom is 0.179 e. The lowest BCUT2D eigenvalue weighted by molar-refractivity contribution is 0.451. The Bertz CT molecular complexity index is 2520. The molecule has 6 atom stereocenters. The number of nitriles is 2. The van der Waals surface area contributed by atoms with Crippen LogP contribution < -0.4 is 10.6 Å². The summed E-state index contributed by atoms with van der Waals surface area (Å²) in [6.07, 6.45) is 19.6. The van der Waals surface area contributed by atoms with Gasteiger partial charge in [0.25, 0.3) is 0 Å². The van der Waals surface area contributed by atoms with Crippen molar-refractivity contribution >= 4 is 45.3 Å². The minimum Gasteiger partial charge on any atom is -0.366 e. The average molecular weight is 747 g/mol. The Morgan fingerprint density at radius 3 is 1.46 bits per heavy atom. The van der Waals surface area contributed by atoms with Gasteiger partial charge in [-0.25, -0.2) is 29.9 Å². The molecule has 8 heterocycles. The van der Waals surface area contributed by atoms with E-state index >= 15 is 0 Å². The number of fused-ring (bicyclic) bond motifs is 6. The molecule has 8 aromatic rings. The fraction of sp³-hybridized carbons (Fsp3) is 0.368. The fourth-order valence-electron chi connectivity index (χ4n) is 8.64. The molecule has 18 heteroatoms. The summed E-state index contributed by atoms with van der Waals surface area (Å²) in [7, 11) is 0. The predicted molar refractivity (Wildman–Crippen MR) is 205 cm³/mol. The lowest BCUT2D eigenvalue weighted by atomic mass is 9.93. The molecule has 0 aliphatic heterocycles. The third-order valence-electron chi connectivity index (χ3n) is 11.3. The molecule has 0 aromatic carbocycles. The van der Waals surface area contributed by atoms with Crippen molar-refractivity contribution in [2.75, 3.05) is 10.6 Å². The van der Waals surface area contributed by atoms with Crippen molar-refractivity contribution in [1.29, 1.82) is 10.5 Å². The number of H-pyrrole nitrogens is 2. The second kappa shape index (κ2) is 14.6. The molecule has 0 bridgehead atoms. The Morgan fingerprint density at radius 2 is 1.07 bits per heavy atom. The van der Waals surface area contributed by atoms with Crippen molar-refractivity contribution in [3.05, 3.63) is 84.7 Å². The van der Waals surface area contributed by atoms with E-state index in [-0.39, 0.29) is 12.1 Å². The number of aromatic nitrogens is 14. The third kappa shape index (κ3) is 6.34. The monoisotopic (exact) mass is 746 g/mol. The van der Waals surface area contributed by atoms with Gasteiger partial charge in [-0.15, -0.1) is 20.4 Å². The Morgan fingerprint density at radius 1 is 0.607 bits per heavy atom. The highest BCUT2D eigenvalue weighted by Crippen LogP contribution is 2.43. The van der Waals surface area contributed by atoms with Crippen LogP contribution in [0.15, 0.2) is 61.7 Å². The smallest absolute Gasteiger partial charge is 0.179 e. The molecule has 4 N–H and O–H groups in total. The van der Waals surface area contributed by atoms with Gasteiger partial charge in [0.1, 0.15) is 35.4 Å². The molecule has 56 heavy (non-hydrogen) atoms. The third-order valence-corrected chi connectivity index (χ3v) is 11.3. The van der Waals surface area contributed by atoms with Crippen molar-refractivity contribution in [2.45, 2.75) is 76.3 Å². The second-order valence-corrected chi connectivity index (χ2v) is 14.4. The summed E-state index contributed by atoms with van der Waals surface area (Å²) in [5.41, 5.74) is 5.85. The first kappa shape index (κ1) is 34.7. The first-order chi connectivity index (χ1) is 27.5. The standard InChI is InChI=1S/2C19H19N9/c2*1-2-11-5-12(25-16-9-22-13(7-20)8-23-16)6-14(11)19-27-26-17-10-24-18-15(28(17)19)3-4-21-18/h2*3-4,8-12,14,21H,2,5-6H2,1H3,(H,23,25)/t2*11-,12+,14+/m10/s1. The first-order valence-corrected chi connectivity index (χ1v) is 18.8. The van der Waals surface area contributed by atoms with Gasteiger partial charge in [0.05, 0.1) is 48.2 Å². The van der Waals surface area contributed by atoms with E-state index in [2.05, 4.69) is 93.5 Å². The van der Waals surface area contributed by atoms with Gasteiger partial charge in [0, 0.05) is 36.3 Å². The minimum atomic E-state index is 0.271. The summed E-state index contributed by atoms with van der Waals surface area (Å²) in [6.45, 7) is 4.44. The van der Waals surface area contributed by atoms with E-state index in [0.717, 1.165) is 83.8 Å². The molecule has 0 amide bonds. The van der Waals surface area contributed by atoms with E-state index in [0.29, 0.717) is 46.7 Å². The topological polar surface area (TPSA) is 241 Å². The first-order valence-electron chi connectivity index (χ1n) is 18.8. The quantitative estimate of drug-likeness (QED) is 0.154. The number of anilines is 2. The van der Waals surface area contributed by atoms with Crippen molar-refractivity contribution in [3.8, 4) is 12.1 Å². The van der Waals surface area contributed by atoms with Gasteiger partial charge in [0.2, 0.25) is 0 Å². The minimum absolute atomic E-state index is 0.271. The highest BCUT2D eigenvalue weighted by atomic mass is 15.3. The normalized spacial score (nSPS) is 21.9. The number of rotatable bonds is 8. The Labute approximate surface area is 319 Å². The number of hydrogen-bond acceptors (Lipinski definition) is 14. The zero-order chi connectivity index (χ0) is 38.2. The van der Waals surface area contributed by atoms with Crippen LogP contribution in [0.1, 0.15) is 87.2 Å². The molecule has 0 spiro atoms. The number of aromatic amines is 2. The van der Waals surface area contributed by atoms with Gasteiger partial charge >= 0.3 is 0 Å². The largest absolute Gasteiger partial charge is 0.366 e. The number of nitrogens with one attached hydrogen (secondary N) is 4. The van der Waals surface area contributed by atoms with Gasteiger partial charge in [-0.3, -0.25) is 8.80 Å². The average Bonchev–Trinajstić information content (AvgIpc) is 4.09. The summed E-state index contributed by atoms with van der Waals surface area (Å²) >= 11 is 0. The van der Waals surface area contributed by atoms with Gasteiger partial charge in [-0.2, -0.15) is 10.5 Å². The molecule has 18 nitrogen and oxygen atoms in total. The fourth-order valence-corrected chi connectivity index (χ4v) is 8.64. The van der Waals surface area contributed by atoms with E-state index in [1.807, 2.05) is 36.7 Å². The molecule has 2 saturated carbocycles. The lowest BCUT2D eigenvalue weighted by Gasteiger charge is -2.15. The summed E-state index contributed by atoms with van der Waals surface area (Å²) in [5.74, 6) is 4.96. The van der Waals surface area contributed by atoms with Crippen molar-refractivity contribution in [3.63, 3.8) is 0 Å². The molecular weight excluding hydrogens is 709 g/mol. The van der Waals surface area contributed by atoms with Crippen LogP contribution in [0.25, 0.3) is 33.6 Å². The summed E-state index contributed by atoms with van der Waals surface area (Å²) in [6, 6.07) is 8.55. The molecule has 2 aliphatic carbocycles. The summed E-state index contributed by atoms with van der Waals surface area (Å²) in [4.78, 5) is 31.9. The predicted octanol–water partition coefficient (Wildman–Crippen LogP) is 5.30. The lowest BCUT2D eigenvalue weighted by Crippen LogP contribution is -2.17. The van der Waals surface area contributed by atoms with Crippen LogP contribution in [0, 0.1) is 34.5 Å². The highest BCUT2D eigenvalue weighted by Gasteiger charge is 2.38. The van der Waals surface area contributed by atoms with Crippen LogP contribution in [0.5, 0.6) is 0 Å². The molecule has 280 valence electrons. The summed E-state index contributed by atoms with van der Waals surface area (Å²) < 4.78 is 4.24. The van der Waals surface area contributed by atoms with Crippen LogP contribution in [-0.2, 0) is 0 Å². The molecule has 0 unspecified atom stereocenters. The Hall–Kier alpha value is -7.08. The molecule has 0 radical (unpaired) electrons. The molecule has 2 fully saturated rings. The Kier molecular flexibility index (Phi) is 9.06. The van der Waals surface area contributed by atoms with Crippen LogP contribution in [0.3, 0.4) is 0 Å². The van der Waals surface area contributed by atoms with Crippen molar-refractivity contribution in [2.24, 2.45) is 11.8 Å². The van der Waals surface area contributed by atoms with Crippen LogP contribution in [0.2, 0.25) is 0 Å². The molecule has 2 aliphatic rings. The highest BCUT2D eigenvalue weighted by molar-refractivity contribution is 5.75. The maximum atomic E-state index is 8.87. The van der Waals surface area contributed by atoms with Crippen LogP contribution >= 0.6 is 0 Å². The van der Waals surface area contributed by atoms with Crippen molar-refractivity contribution < 1.29 is 0 Å². The SMILES string of the molecule is CC[C@@H]1C[C@H](Nc2cnc(C#N)cn2)C[C@@H]1c1nnc2cnc3[nH]ccc3n12.CC[C@H]1C[C@@H](Nc2cnc(C#N)cn2)C[C@H]1c1nnc2cnc3[nH]ccc3n12.